The maximum absolute atomic E-state index is 11.3. The first-order chi connectivity index (χ1) is 13.8. The number of aliphatic hydroxyl groups is 1. The average molecular weight is 393 g/mol. The maximum Gasteiger partial charge on any atom is 0.0712 e. The largest absolute Gasteiger partial charge is 0.389 e. The zero-order valence-corrected chi connectivity index (χ0v) is 18.4. The van der Waals surface area contributed by atoms with Crippen LogP contribution in [0.2, 0.25) is 0 Å². The lowest BCUT2D eigenvalue weighted by atomic mass is 9.80. The Morgan fingerprint density at radius 1 is 1.28 bits per heavy atom. The van der Waals surface area contributed by atoms with Crippen LogP contribution in [0.1, 0.15) is 37.3 Å². The SMILES string of the molecule is C=C/C(C)=C\C(=C)CNCC(c1ccc2c(C)cccc2c1)C(C)(O)CCNC. The molecule has 2 aromatic carbocycles. The highest BCUT2D eigenvalue weighted by Crippen LogP contribution is 2.33. The first-order valence-electron chi connectivity index (χ1n) is 10.3. The van der Waals surface area contributed by atoms with Crippen molar-refractivity contribution in [3.8, 4) is 0 Å². The monoisotopic (exact) mass is 392 g/mol. The van der Waals surface area contributed by atoms with Crippen molar-refractivity contribution in [3.05, 3.63) is 84.0 Å². The van der Waals surface area contributed by atoms with Crippen LogP contribution in [0.25, 0.3) is 10.8 Å². The topological polar surface area (TPSA) is 44.3 Å². The van der Waals surface area contributed by atoms with Gasteiger partial charge in [0.1, 0.15) is 0 Å². The number of benzene rings is 2. The molecule has 3 heteroatoms. The molecule has 2 aromatic rings. The lowest BCUT2D eigenvalue weighted by Crippen LogP contribution is -2.41. The second kappa shape index (κ2) is 10.5. The van der Waals surface area contributed by atoms with Crippen LogP contribution in [0.3, 0.4) is 0 Å². The van der Waals surface area contributed by atoms with Gasteiger partial charge in [-0.25, -0.2) is 0 Å². The minimum Gasteiger partial charge on any atom is -0.389 e. The van der Waals surface area contributed by atoms with Crippen molar-refractivity contribution in [3.63, 3.8) is 0 Å². The maximum atomic E-state index is 11.3. The van der Waals surface area contributed by atoms with E-state index in [0.29, 0.717) is 19.5 Å². The van der Waals surface area contributed by atoms with E-state index in [2.05, 4.69) is 67.1 Å². The Balaban J connectivity index is 2.26. The number of rotatable bonds is 11. The van der Waals surface area contributed by atoms with Crippen LogP contribution in [0.4, 0.5) is 0 Å². The molecule has 0 aliphatic heterocycles. The smallest absolute Gasteiger partial charge is 0.0712 e. The van der Waals surface area contributed by atoms with E-state index in [0.717, 1.165) is 23.3 Å². The number of nitrogens with one attached hydrogen (secondary N) is 2. The molecule has 3 N–H and O–H groups in total. The molecule has 2 atom stereocenters. The summed E-state index contributed by atoms with van der Waals surface area (Å²) in [6.45, 7) is 16.1. The molecular formula is C26H36N2O. The summed E-state index contributed by atoms with van der Waals surface area (Å²) in [6.07, 6.45) is 4.54. The first kappa shape index (κ1) is 23.1. The second-order valence-electron chi connectivity index (χ2n) is 8.20. The summed E-state index contributed by atoms with van der Waals surface area (Å²) < 4.78 is 0. The molecular weight excluding hydrogens is 356 g/mol. The molecule has 0 fully saturated rings. The fourth-order valence-corrected chi connectivity index (χ4v) is 3.74. The fraction of sp³-hybridized carbons (Fsp3) is 0.385. The van der Waals surface area contributed by atoms with Crippen LogP contribution in [0.5, 0.6) is 0 Å². The summed E-state index contributed by atoms with van der Waals surface area (Å²) in [4.78, 5) is 0. The van der Waals surface area contributed by atoms with Crippen molar-refractivity contribution in [1.82, 2.24) is 10.6 Å². The predicted octanol–water partition coefficient (Wildman–Crippen LogP) is 4.87. The second-order valence-corrected chi connectivity index (χ2v) is 8.20. The number of hydrogen-bond acceptors (Lipinski definition) is 3. The van der Waals surface area contributed by atoms with Crippen LogP contribution in [-0.4, -0.2) is 37.4 Å². The van der Waals surface area contributed by atoms with Gasteiger partial charge in [0, 0.05) is 19.0 Å². The van der Waals surface area contributed by atoms with Crippen LogP contribution in [-0.2, 0) is 0 Å². The van der Waals surface area contributed by atoms with Crippen molar-refractivity contribution in [2.24, 2.45) is 0 Å². The number of fused-ring (bicyclic) bond motifs is 1. The van der Waals surface area contributed by atoms with E-state index in [-0.39, 0.29) is 5.92 Å². The Morgan fingerprint density at radius 2 is 2.03 bits per heavy atom. The standard InChI is InChI=1S/C26H36N2O/c1-7-19(2)15-20(3)17-28-18-25(26(5,29)13-14-27-6)23-11-12-24-21(4)9-8-10-22(24)16-23/h7-12,15-16,25,27-29H,1,3,13-14,17-18H2,2,4-6H3/b19-15-. The molecule has 156 valence electrons. The molecule has 0 amide bonds. The van der Waals surface area contributed by atoms with Gasteiger partial charge in [-0.1, -0.05) is 67.3 Å². The summed E-state index contributed by atoms with van der Waals surface area (Å²) >= 11 is 0. The summed E-state index contributed by atoms with van der Waals surface area (Å²) in [7, 11) is 1.92. The zero-order chi connectivity index (χ0) is 21.4. The molecule has 29 heavy (non-hydrogen) atoms. The molecule has 0 bridgehead atoms. The molecule has 2 unspecified atom stereocenters. The minimum atomic E-state index is -0.832. The van der Waals surface area contributed by atoms with Gasteiger partial charge in [0.2, 0.25) is 0 Å². The van der Waals surface area contributed by atoms with E-state index in [1.54, 1.807) is 0 Å². The van der Waals surface area contributed by atoms with Gasteiger partial charge < -0.3 is 15.7 Å². The fourth-order valence-electron chi connectivity index (χ4n) is 3.74. The predicted molar refractivity (Wildman–Crippen MR) is 127 cm³/mol. The quantitative estimate of drug-likeness (QED) is 0.478. The van der Waals surface area contributed by atoms with Crippen molar-refractivity contribution in [2.75, 3.05) is 26.7 Å². The lowest BCUT2D eigenvalue weighted by Gasteiger charge is -2.34. The van der Waals surface area contributed by atoms with Crippen molar-refractivity contribution >= 4 is 10.8 Å². The van der Waals surface area contributed by atoms with E-state index >= 15 is 0 Å². The summed E-state index contributed by atoms with van der Waals surface area (Å²) in [6, 6.07) is 12.9. The van der Waals surface area contributed by atoms with Gasteiger partial charge in [0.15, 0.2) is 0 Å². The Hall–Kier alpha value is -2.20. The lowest BCUT2D eigenvalue weighted by molar-refractivity contribution is 0.0229. The highest BCUT2D eigenvalue weighted by atomic mass is 16.3. The van der Waals surface area contributed by atoms with Crippen molar-refractivity contribution in [2.45, 2.75) is 38.7 Å². The first-order valence-corrected chi connectivity index (χ1v) is 10.3. The summed E-state index contributed by atoms with van der Waals surface area (Å²) in [5, 5.41) is 20.4. The molecule has 0 saturated carbocycles. The normalized spacial score (nSPS) is 15.1. The van der Waals surface area contributed by atoms with E-state index in [1.807, 2.05) is 33.0 Å². The van der Waals surface area contributed by atoms with Gasteiger partial charge in [0.05, 0.1) is 5.60 Å². The molecule has 0 radical (unpaired) electrons. The van der Waals surface area contributed by atoms with Crippen molar-refractivity contribution < 1.29 is 5.11 Å². The van der Waals surface area contributed by atoms with E-state index in [1.165, 1.54) is 16.3 Å². The minimum absolute atomic E-state index is 0.0296. The molecule has 0 aromatic heterocycles. The van der Waals surface area contributed by atoms with E-state index in [9.17, 15) is 5.11 Å². The van der Waals surface area contributed by atoms with Gasteiger partial charge in [-0.3, -0.25) is 0 Å². The molecule has 0 spiro atoms. The molecule has 0 saturated heterocycles. The van der Waals surface area contributed by atoms with Gasteiger partial charge in [-0.2, -0.15) is 0 Å². The van der Waals surface area contributed by atoms with Crippen molar-refractivity contribution in [1.29, 1.82) is 0 Å². The third-order valence-corrected chi connectivity index (χ3v) is 5.61. The van der Waals surface area contributed by atoms with Gasteiger partial charge in [0.25, 0.3) is 0 Å². The third kappa shape index (κ3) is 6.40. The number of allylic oxidation sites excluding steroid dienone is 2. The van der Waals surface area contributed by atoms with Gasteiger partial charge in [-0.15, -0.1) is 0 Å². The molecule has 0 aliphatic carbocycles. The van der Waals surface area contributed by atoms with Gasteiger partial charge in [-0.05, 0) is 68.3 Å². The summed E-state index contributed by atoms with van der Waals surface area (Å²) in [5.74, 6) is -0.0296. The Labute approximate surface area is 176 Å². The highest BCUT2D eigenvalue weighted by molar-refractivity contribution is 5.86. The Bertz CT molecular complexity index is 879. The van der Waals surface area contributed by atoms with Crippen LogP contribution in [0.15, 0.2) is 72.9 Å². The Kier molecular flexibility index (Phi) is 8.39. The van der Waals surface area contributed by atoms with Crippen LogP contribution in [0, 0.1) is 6.92 Å². The van der Waals surface area contributed by atoms with Crippen LogP contribution < -0.4 is 10.6 Å². The zero-order valence-electron chi connectivity index (χ0n) is 18.4. The molecule has 3 nitrogen and oxygen atoms in total. The molecule has 0 aliphatic rings. The van der Waals surface area contributed by atoms with Gasteiger partial charge >= 0.3 is 0 Å². The molecule has 2 rings (SSSR count). The highest BCUT2D eigenvalue weighted by Gasteiger charge is 2.32. The average Bonchev–Trinajstić information content (AvgIpc) is 2.69. The Morgan fingerprint density at radius 3 is 2.72 bits per heavy atom. The van der Waals surface area contributed by atoms with E-state index in [4.69, 9.17) is 0 Å². The van der Waals surface area contributed by atoms with E-state index < -0.39 is 5.60 Å². The number of hydrogen-bond donors (Lipinski definition) is 3. The number of aryl methyl sites for hydroxylation is 1. The van der Waals surface area contributed by atoms with Crippen LogP contribution >= 0.6 is 0 Å². The summed E-state index contributed by atoms with van der Waals surface area (Å²) in [5.41, 5.74) is 3.69. The molecule has 0 heterocycles. The third-order valence-electron chi connectivity index (χ3n) is 5.61.